The van der Waals surface area contributed by atoms with Crippen molar-refractivity contribution in [1.82, 2.24) is 5.32 Å². The Balaban J connectivity index is 2.69. The molecule has 102 valence electrons. The van der Waals surface area contributed by atoms with Crippen LogP contribution < -0.4 is 5.32 Å². The van der Waals surface area contributed by atoms with Crippen LogP contribution in [0.5, 0.6) is 0 Å². The highest BCUT2D eigenvalue weighted by molar-refractivity contribution is 7.98. The molecule has 1 rings (SSSR count). The van der Waals surface area contributed by atoms with E-state index in [-0.39, 0.29) is 11.5 Å². The van der Waals surface area contributed by atoms with E-state index in [0.29, 0.717) is 6.54 Å². The van der Waals surface area contributed by atoms with Crippen LogP contribution in [-0.4, -0.2) is 24.7 Å². The van der Waals surface area contributed by atoms with E-state index < -0.39 is 12.2 Å². The highest BCUT2D eigenvalue weighted by atomic mass is 32.2. The van der Waals surface area contributed by atoms with Gasteiger partial charge in [0, 0.05) is 0 Å². The summed E-state index contributed by atoms with van der Waals surface area (Å²) in [6.07, 6.45) is -2.31. The van der Waals surface area contributed by atoms with Crippen molar-refractivity contribution in [3.05, 3.63) is 35.9 Å². The van der Waals surface area contributed by atoms with E-state index in [1.807, 2.05) is 13.2 Å². The zero-order valence-electron chi connectivity index (χ0n) is 10.5. The normalized spacial score (nSPS) is 15.4. The lowest BCUT2D eigenvalue weighted by Crippen LogP contribution is -2.36. The monoisotopic (exact) mass is 277 g/mol. The van der Waals surface area contributed by atoms with Gasteiger partial charge in [-0.05, 0) is 30.0 Å². The van der Waals surface area contributed by atoms with E-state index in [4.69, 9.17) is 0 Å². The van der Waals surface area contributed by atoms with Gasteiger partial charge in [0.1, 0.15) is 6.04 Å². The summed E-state index contributed by atoms with van der Waals surface area (Å²) in [4.78, 5) is 0. The molecular weight excluding hydrogens is 259 g/mol. The fraction of sp³-hybridized carbons (Fsp3) is 0.538. The van der Waals surface area contributed by atoms with Crippen LogP contribution in [0.25, 0.3) is 0 Å². The maximum Gasteiger partial charge on any atom is 0.407 e. The van der Waals surface area contributed by atoms with Crippen molar-refractivity contribution in [3.8, 4) is 0 Å². The molecule has 0 spiro atoms. The molecular formula is C13H18F3NS. The molecule has 1 aromatic rings. The van der Waals surface area contributed by atoms with Crippen LogP contribution in [0.1, 0.15) is 18.5 Å². The van der Waals surface area contributed by atoms with Gasteiger partial charge in [0.15, 0.2) is 0 Å². The second kappa shape index (κ2) is 7.04. The Labute approximate surface area is 110 Å². The molecule has 0 saturated heterocycles. The molecule has 0 aliphatic carbocycles. The van der Waals surface area contributed by atoms with Crippen molar-refractivity contribution in [2.75, 3.05) is 18.6 Å². The summed E-state index contributed by atoms with van der Waals surface area (Å²) in [5.74, 6) is 1.07. The van der Waals surface area contributed by atoms with Crippen LogP contribution in [-0.2, 0) is 0 Å². The minimum atomic E-state index is -4.26. The minimum Gasteiger partial charge on any atom is -0.302 e. The largest absolute Gasteiger partial charge is 0.407 e. The van der Waals surface area contributed by atoms with Crippen LogP contribution in [0.3, 0.4) is 0 Å². The third kappa shape index (κ3) is 4.90. The summed E-state index contributed by atoms with van der Waals surface area (Å²) in [5.41, 5.74) is 0.265. The van der Waals surface area contributed by atoms with Crippen LogP contribution in [0.4, 0.5) is 13.2 Å². The number of hydrogen-bond acceptors (Lipinski definition) is 2. The Morgan fingerprint density at radius 2 is 1.83 bits per heavy atom. The number of thioether (sulfide) groups is 1. The first-order valence-electron chi connectivity index (χ1n) is 5.79. The van der Waals surface area contributed by atoms with Crippen LogP contribution in [0, 0.1) is 5.92 Å². The molecule has 2 unspecified atom stereocenters. The molecule has 0 aromatic heterocycles. The second-order valence-corrected chi connectivity index (χ2v) is 5.26. The van der Waals surface area contributed by atoms with Crippen LogP contribution >= 0.6 is 11.8 Å². The van der Waals surface area contributed by atoms with Crippen molar-refractivity contribution >= 4 is 11.8 Å². The van der Waals surface area contributed by atoms with Gasteiger partial charge < -0.3 is 5.32 Å². The first kappa shape index (κ1) is 15.4. The van der Waals surface area contributed by atoms with Crippen LogP contribution in [0.2, 0.25) is 0 Å². The van der Waals surface area contributed by atoms with Crippen molar-refractivity contribution in [3.63, 3.8) is 0 Å². The molecule has 0 aliphatic rings. The van der Waals surface area contributed by atoms with E-state index in [9.17, 15) is 13.2 Å². The summed E-state index contributed by atoms with van der Waals surface area (Å²) < 4.78 is 38.9. The van der Waals surface area contributed by atoms with Crippen molar-refractivity contribution in [2.45, 2.75) is 19.1 Å². The SMILES string of the molecule is CSCC(C)CNC(c1ccccc1)C(F)(F)F. The fourth-order valence-corrected chi connectivity index (χ4v) is 2.42. The Morgan fingerprint density at radius 3 is 2.33 bits per heavy atom. The Bertz CT molecular complexity index is 340. The lowest BCUT2D eigenvalue weighted by Gasteiger charge is -2.23. The zero-order valence-corrected chi connectivity index (χ0v) is 11.3. The second-order valence-electron chi connectivity index (χ2n) is 4.35. The summed E-state index contributed by atoms with van der Waals surface area (Å²) >= 11 is 1.64. The molecule has 18 heavy (non-hydrogen) atoms. The zero-order chi connectivity index (χ0) is 13.6. The number of halogens is 3. The molecule has 0 fully saturated rings. The first-order chi connectivity index (χ1) is 8.45. The summed E-state index contributed by atoms with van der Waals surface area (Å²) in [6.45, 7) is 2.31. The van der Waals surface area contributed by atoms with Gasteiger partial charge in [0.2, 0.25) is 0 Å². The predicted molar refractivity (Wildman–Crippen MR) is 70.8 cm³/mol. The maximum atomic E-state index is 13.0. The van der Waals surface area contributed by atoms with E-state index in [2.05, 4.69) is 5.32 Å². The van der Waals surface area contributed by atoms with Crippen molar-refractivity contribution < 1.29 is 13.2 Å². The molecule has 0 heterocycles. The fourth-order valence-electron chi connectivity index (χ4n) is 1.73. The van der Waals surface area contributed by atoms with E-state index >= 15 is 0 Å². The minimum absolute atomic E-state index is 0.216. The molecule has 1 N–H and O–H groups in total. The van der Waals surface area contributed by atoms with Gasteiger partial charge in [0.05, 0.1) is 0 Å². The molecule has 1 nitrogen and oxygen atoms in total. The molecule has 2 atom stereocenters. The third-order valence-corrected chi connectivity index (χ3v) is 3.48. The predicted octanol–water partition coefficient (Wildman–Crippen LogP) is 3.88. The Morgan fingerprint density at radius 1 is 1.22 bits per heavy atom. The summed E-state index contributed by atoms with van der Waals surface area (Å²) in [6, 6.07) is 6.40. The molecule has 0 radical (unpaired) electrons. The van der Waals surface area contributed by atoms with Gasteiger partial charge >= 0.3 is 6.18 Å². The summed E-state index contributed by atoms with van der Waals surface area (Å²) in [7, 11) is 0. The quantitative estimate of drug-likeness (QED) is 0.847. The maximum absolute atomic E-state index is 13.0. The lowest BCUT2D eigenvalue weighted by molar-refractivity contribution is -0.158. The summed E-state index contributed by atoms with van der Waals surface area (Å²) in [5, 5.41) is 2.62. The molecule has 0 saturated carbocycles. The highest BCUT2D eigenvalue weighted by Gasteiger charge is 2.40. The number of nitrogens with one attached hydrogen (secondary N) is 1. The topological polar surface area (TPSA) is 12.0 Å². The van der Waals surface area contributed by atoms with Gasteiger partial charge in [0.25, 0.3) is 0 Å². The Hall–Kier alpha value is -0.680. The third-order valence-electron chi connectivity index (χ3n) is 2.58. The lowest BCUT2D eigenvalue weighted by atomic mass is 10.1. The molecule has 0 aliphatic heterocycles. The van der Waals surface area contributed by atoms with Gasteiger partial charge in [-0.3, -0.25) is 0 Å². The smallest absolute Gasteiger partial charge is 0.302 e. The van der Waals surface area contributed by atoms with E-state index in [0.717, 1.165) is 5.75 Å². The molecule has 1 aromatic carbocycles. The number of benzene rings is 1. The van der Waals surface area contributed by atoms with Crippen molar-refractivity contribution in [2.24, 2.45) is 5.92 Å². The number of alkyl halides is 3. The first-order valence-corrected chi connectivity index (χ1v) is 7.18. The standard InChI is InChI=1S/C13H18F3NS/c1-10(9-18-2)8-17-12(13(14,15)16)11-6-4-3-5-7-11/h3-7,10,12,17H,8-9H2,1-2H3. The van der Waals surface area contributed by atoms with E-state index in [1.54, 1.807) is 30.0 Å². The molecule has 0 amide bonds. The highest BCUT2D eigenvalue weighted by Crippen LogP contribution is 2.32. The van der Waals surface area contributed by atoms with Gasteiger partial charge in [-0.15, -0.1) is 0 Å². The van der Waals surface area contributed by atoms with Gasteiger partial charge in [-0.1, -0.05) is 37.3 Å². The van der Waals surface area contributed by atoms with Crippen LogP contribution in [0.15, 0.2) is 30.3 Å². The molecule has 5 heteroatoms. The molecule has 0 bridgehead atoms. The van der Waals surface area contributed by atoms with Gasteiger partial charge in [-0.2, -0.15) is 24.9 Å². The average molecular weight is 277 g/mol. The Kier molecular flexibility index (Phi) is 6.02. The van der Waals surface area contributed by atoms with Gasteiger partial charge in [-0.25, -0.2) is 0 Å². The van der Waals surface area contributed by atoms with E-state index in [1.165, 1.54) is 12.1 Å². The van der Waals surface area contributed by atoms with Crippen molar-refractivity contribution in [1.29, 1.82) is 0 Å². The number of rotatable bonds is 6. The number of hydrogen-bond donors (Lipinski definition) is 1. The average Bonchev–Trinajstić information content (AvgIpc) is 2.29.